The Kier molecular flexibility index (Phi) is 1.24. The van der Waals surface area contributed by atoms with Gasteiger partial charge in [0.1, 0.15) is 0 Å². The van der Waals surface area contributed by atoms with Gasteiger partial charge in [-0.15, -0.1) is 0 Å². The Morgan fingerprint density at radius 3 is 2.80 bits per heavy atom. The summed E-state index contributed by atoms with van der Waals surface area (Å²) in [5, 5.41) is 3.00. The fraction of sp³-hybridized carbons (Fsp3) is 1.00. The highest BCUT2D eigenvalue weighted by Crippen LogP contribution is 2.45. The van der Waals surface area contributed by atoms with Crippen molar-refractivity contribution in [2.45, 2.75) is 18.8 Å². The molecule has 0 aromatic rings. The number of fused-ring (bicyclic) bond motifs is 1. The van der Waals surface area contributed by atoms with E-state index in [2.05, 4.69) is 5.32 Å². The number of hydrogen-bond donors (Lipinski definition) is 1. The highest BCUT2D eigenvalue weighted by Gasteiger charge is 2.51. The third kappa shape index (κ3) is 0.764. The van der Waals surface area contributed by atoms with E-state index >= 15 is 0 Å². The first-order valence-electron chi connectivity index (χ1n) is 3.79. The number of hydrogen-bond acceptors (Lipinski definition) is 1. The van der Waals surface area contributed by atoms with Crippen molar-refractivity contribution < 1.29 is 8.78 Å². The second-order valence-electron chi connectivity index (χ2n) is 3.32. The summed E-state index contributed by atoms with van der Waals surface area (Å²) in [6, 6.07) is 0. The lowest BCUT2D eigenvalue weighted by atomic mass is 9.99. The van der Waals surface area contributed by atoms with Crippen LogP contribution in [0.25, 0.3) is 0 Å². The summed E-state index contributed by atoms with van der Waals surface area (Å²) in [5.74, 6) is -2.46. The van der Waals surface area contributed by atoms with Crippen LogP contribution >= 0.6 is 0 Å². The molecule has 0 bridgehead atoms. The second-order valence-corrected chi connectivity index (χ2v) is 3.32. The molecule has 0 amide bonds. The van der Waals surface area contributed by atoms with Crippen LogP contribution in [0.3, 0.4) is 0 Å². The van der Waals surface area contributed by atoms with Crippen molar-refractivity contribution in [2.24, 2.45) is 11.8 Å². The summed E-state index contributed by atoms with van der Waals surface area (Å²) >= 11 is 0. The summed E-state index contributed by atoms with van der Waals surface area (Å²) in [5.41, 5.74) is 0. The molecule has 0 radical (unpaired) electrons. The molecular formula is C7H11F2N. The zero-order chi connectivity index (χ0) is 7.19. The van der Waals surface area contributed by atoms with E-state index in [0.29, 0.717) is 13.0 Å². The zero-order valence-corrected chi connectivity index (χ0v) is 5.74. The predicted molar refractivity (Wildman–Crippen MR) is 34.0 cm³/mol. The number of rotatable bonds is 0. The number of halogens is 2. The molecule has 0 aromatic heterocycles. The Labute approximate surface area is 58.8 Å². The topological polar surface area (TPSA) is 12.0 Å². The standard InChI is InChI=1S/C7H11F2N/c8-7(9)2-1-5-3-10-4-6(5)7/h5-6,10H,1-4H2/t5-,6-/m0/s1. The summed E-state index contributed by atoms with van der Waals surface area (Å²) in [6.45, 7) is 1.33. The first kappa shape index (κ1) is 6.53. The van der Waals surface area contributed by atoms with Crippen molar-refractivity contribution in [3.05, 3.63) is 0 Å². The maximum absolute atomic E-state index is 12.9. The van der Waals surface area contributed by atoms with Crippen LogP contribution in [0, 0.1) is 11.8 Å². The van der Waals surface area contributed by atoms with Crippen LogP contribution in [0.15, 0.2) is 0 Å². The summed E-state index contributed by atoms with van der Waals surface area (Å²) in [7, 11) is 0. The van der Waals surface area contributed by atoms with Crippen LogP contribution in [0.5, 0.6) is 0 Å². The van der Waals surface area contributed by atoms with E-state index in [1.807, 2.05) is 0 Å². The molecule has 1 nitrogen and oxygen atoms in total. The lowest BCUT2D eigenvalue weighted by Crippen LogP contribution is -2.26. The van der Waals surface area contributed by atoms with Gasteiger partial charge >= 0.3 is 0 Å². The minimum Gasteiger partial charge on any atom is -0.316 e. The average molecular weight is 147 g/mol. The Morgan fingerprint density at radius 1 is 1.30 bits per heavy atom. The van der Waals surface area contributed by atoms with E-state index in [0.717, 1.165) is 6.54 Å². The molecule has 2 fully saturated rings. The van der Waals surface area contributed by atoms with Crippen molar-refractivity contribution in [3.8, 4) is 0 Å². The molecule has 3 heteroatoms. The molecule has 2 aliphatic rings. The lowest BCUT2D eigenvalue weighted by Gasteiger charge is -2.15. The van der Waals surface area contributed by atoms with Crippen LogP contribution < -0.4 is 5.32 Å². The van der Waals surface area contributed by atoms with Gasteiger partial charge in [0.15, 0.2) is 0 Å². The van der Waals surface area contributed by atoms with Gasteiger partial charge in [0, 0.05) is 18.9 Å². The molecular weight excluding hydrogens is 136 g/mol. The Balaban J connectivity index is 2.16. The average Bonchev–Trinajstić information content (AvgIpc) is 2.36. The molecule has 0 aromatic carbocycles. The van der Waals surface area contributed by atoms with Crippen molar-refractivity contribution in [2.75, 3.05) is 13.1 Å². The van der Waals surface area contributed by atoms with Crippen LogP contribution in [0.1, 0.15) is 12.8 Å². The second kappa shape index (κ2) is 1.91. The van der Waals surface area contributed by atoms with Crippen molar-refractivity contribution in [3.63, 3.8) is 0 Å². The number of alkyl halides is 2. The van der Waals surface area contributed by atoms with Crippen LogP contribution in [-0.2, 0) is 0 Å². The first-order valence-corrected chi connectivity index (χ1v) is 3.79. The predicted octanol–water partition coefficient (Wildman–Crippen LogP) is 1.25. The van der Waals surface area contributed by atoms with E-state index in [1.165, 1.54) is 0 Å². The van der Waals surface area contributed by atoms with Gasteiger partial charge in [-0.3, -0.25) is 0 Å². The van der Waals surface area contributed by atoms with E-state index in [9.17, 15) is 8.78 Å². The van der Waals surface area contributed by atoms with Gasteiger partial charge < -0.3 is 5.32 Å². The molecule has 0 unspecified atom stereocenters. The highest BCUT2D eigenvalue weighted by atomic mass is 19.3. The molecule has 1 heterocycles. The normalized spacial score (nSPS) is 43.8. The third-order valence-corrected chi connectivity index (χ3v) is 2.73. The van der Waals surface area contributed by atoms with Crippen LogP contribution in [-0.4, -0.2) is 19.0 Å². The maximum Gasteiger partial charge on any atom is 0.252 e. The summed E-state index contributed by atoms with van der Waals surface area (Å²) < 4.78 is 25.7. The Morgan fingerprint density at radius 2 is 2.10 bits per heavy atom. The molecule has 1 aliphatic carbocycles. The molecule has 58 valence electrons. The maximum atomic E-state index is 12.9. The minimum absolute atomic E-state index is 0.115. The number of nitrogens with one attached hydrogen (secondary N) is 1. The largest absolute Gasteiger partial charge is 0.316 e. The Bertz CT molecular complexity index is 147. The fourth-order valence-electron chi connectivity index (χ4n) is 2.09. The SMILES string of the molecule is FC1(F)CC[C@H]2CNC[C@@H]21. The van der Waals surface area contributed by atoms with E-state index in [1.54, 1.807) is 0 Å². The smallest absolute Gasteiger partial charge is 0.252 e. The monoisotopic (exact) mass is 147 g/mol. The van der Waals surface area contributed by atoms with Gasteiger partial charge in [0.2, 0.25) is 0 Å². The highest BCUT2D eigenvalue weighted by molar-refractivity contribution is 4.96. The molecule has 1 saturated carbocycles. The molecule has 10 heavy (non-hydrogen) atoms. The van der Waals surface area contributed by atoms with E-state index < -0.39 is 5.92 Å². The first-order chi connectivity index (χ1) is 4.70. The molecule has 1 saturated heterocycles. The molecule has 1 aliphatic heterocycles. The van der Waals surface area contributed by atoms with E-state index in [4.69, 9.17) is 0 Å². The van der Waals surface area contributed by atoms with Crippen molar-refractivity contribution in [1.29, 1.82) is 0 Å². The zero-order valence-electron chi connectivity index (χ0n) is 5.74. The van der Waals surface area contributed by atoms with Crippen molar-refractivity contribution >= 4 is 0 Å². The molecule has 0 spiro atoms. The fourth-order valence-corrected chi connectivity index (χ4v) is 2.09. The third-order valence-electron chi connectivity index (χ3n) is 2.73. The molecule has 2 rings (SSSR count). The van der Waals surface area contributed by atoms with E-state index in [-0.39, 0.29) is 18.3 Å². The van der Waals surface area contributed by atoms with Gasteiger partial charge in [-0.1, -0.05) is 0 Å². The quantitative estimate of drug-likeness (QED) is 0.543. The molecule has 1 N–H and O–H groups in total. The summed E-state index contributed by atoms with van der Waals surface area (Å²) in [6.07, 6.45) is 0.828. The van der Waals surface area contributed by atoms with Crippen LogP contribution in [0.2, 0.25) is 0 Å². The van der Waals surface area contributed by atoms with Gasteiger partial charge in [0.25, 0.3) is 5.92 Å². The van der Waals surface area contributed by atoms with Gasteiger partial charge in [-0.05, 0) is 18.9 Å². The summed E-state index contributed by atoms with van der Waals surface area (Å²) in [4.78, 5) is 0. The van der Waals surface area contributed by atoms with Gasteiger partial charge in [-0.2, -0.15) is 0 Å². The molecule has 2 atom stereocenters. The minimum atomic E-state index is -2.37. The van der Waals surface area contributed by atoms with Crippen LogP contribution in [0.4, 0.5) is 8.78 Å². The lowest BCUT2D eigenvalue weighted by molar-refractivity contribution is -0.0358. The van der Waals surface area contributed by atoms with Crippen molar-refractivity contribution in [1.82, 2.24) is 5.32 Å². The van der Waals surface area contributed by atoms with Gasteiger partial charge in [-0.25, -0.2) is 8.78 Å². The van der Waals surface area contributed by atoms with Gasteiger partial charge in [0.05, 0.1) is 0 Å². The Hall–Kier alpha value is -0.180.